The highest BCUT2D eigenvalue weighted by Gasteiger charge is 2.78. The number of allylic oxidation sites excluding steroid dienone is 4. The number of aliphatic hydroxyl groups is 1. The van der Waals surface area contributed by atoms with Gasteiger partial charge < -0.3 is 19.0 Å². The Morgan fingerprint density at radius 2 is 1.86 bits per heavy atom. The highest BCUT2D eigenvalue weighted by molar-refractivity contribution is 8.13. The predicted octanol–water partition coefficient (Wildman–Crippen LogP) is 7.98. The van der Waals surface area contributed by atoms with Crippen LogP contribution < -0.4 is 0 Å². The van der Waals surface area contributed by atoms with Gasteiger partial charge >= 0.3 is 5.97 Å². The number of rotatable bonds is 6. The first-order chi connectivity index (χ1) is 26.5. The molecule has 5 aliphatic rings. The van der Waals surface area contributed by atoms with Crippen molar-refractivity contribution >= 4 is 57.7 Å². The third kappa shape index (κ3) is 6.27. The molecule has 10 atom stereocenters. The van der Waals surface area contributed by atoms with E-state index in [1.54, 1.807) is 27.0 Å². The van der Waals surface area contributed by atoms with Crippen LogP contribution in [0.3, 0.4) is 0 Å². The number of ketones is 2. The lowest BCUT2D eigenvalue weighted by atomic mass is 9.44. The number of thioether (sulfide) groups is 1. The topological polar surface area (TPSA) is 120 Å². The summed E-state index contributed by atoms with van der Waals surface area (Å²) in [6.45, 7) is 9.16. The molecule has 14 heteroatoms. The van der Waals surface area contributed by atoms with Crippen LogP contribution in [0, 0.1) is 41.4 Å². The quantitative estimate of drug-likeness (QED) is 0.249. The average molecular weight is 830 g/mol. The van der Waals surface area contributed by atoms with Gasteiger partial charge in [0.15, 0.2) is 22.8 Å². The Balaban J connectivity index is 0.000000206. The van der Waals surface area contributed by atoms with Crippen LogP contribution in [0.1, 0.15) is 81.7 Å². The predicted molar refractivity (Wildman–Crippen MR) is 214 cm³/mol. The second kappa shape index (κ2) is 15.5. The molecule has 2 unspecified atom stereocenters. The lowest BCUT2D eigenvalue weighted by molar-refractivity contribution is -0.228. The molecular formula is C43H51ClF3N3O6S. The van der Waals surface area contributed by atoms with Gasteiger partial charge in [0, 0.05) is 83.2 Å². The number of para-hydroxylation sites is 1. The molecule has 3 fully saturated rings. The maximum absolute atomic E-state index is 17.2. The van der Waals surface area contributed by atoms with Gasteiger partial charge in [-0.15, -0.1) is 12.4 Å². The highest BCUT2D eigenvalue weighted by atomic mass is 35.5. The zero-order valence-corrected chi connectivity index (χ0v) is 34.7. The number of carbonyl (C=O) groups is 4. The van der Waals surface area contributed by atoms with Gasteiger partial charge in [-0.05, 0) is 87.4 Å². The van der Waals surface area contributed by atoms with Crippen molar-refractivity contribution in [3.8, 4) is 0 Å². The number of esters is 1. The van der Waals surface area contributed by atoms with Crippen LogP contribution >= 0.6 is 24.2 Å². The number of fused-ring (bicyclic) bond motifs is 8. The Labute approximate surface area is 341 Å². The van der Waals surface area contributed by atoms with E-state index in [4.69, 9.17) is 4.74 Å². The number of carbonyl (C=O) groups excluding carboxylic acids is 4. The summed E-state index contributed by atoms with van der Waals surface area (Å²) in [5, 5.41) is 11.8. The molecule has 1 N–H and O–H groups in total. The van der Waals surface area contributed by atoms with E-state index in [2.05, 4.69) is 33.3 Å². The Morgan fingerprint density at radius 3 is 2.53 bits per heavy atom. The Morgan fingerprint density at radius 1 is 1.14 bits per heavy atom. The van der Waals surface area contributed by atoms with Gasteiger partial charge in [-0.25, -0.2) is 18.2 Å². The summed E-state index contributed by atoms with van der Waals surface area (Å²) in [6.07, 6.45) is 5.79. The van der Waals surface area contributed by atoms with Crippen LogP contribution in [0.5, 0.6) is 0 Å². The molecule has 0 aliphatic heterocycles. The minimum Gasteiger partial charge on any atom is -0.449 e. The minimum atomic E-state index is -2.30. The van der Waals surface area contributed by atoms with Crippen LogP contribution in [-0.2, 0) is 39.1 Å². The van der Waals surface area contributed by atoms with Gasteiger partial charge in [0.25, 0.3) is 0 Å². The molecule has 3 aromatic rings. The number of Topliss-reactive ketones (excluding diaryl/α,β-unsaturated/α-hetero) is 1. The summed E-state index contributed by atoms with van der Waals surface area (Å²) in [7, 11) is 2.06. The number of aromatic nitrogens is 3. The second-order valence-corrected chi connectivity index (χ2v) is 17.6. The molecule has 9 nitrogen and oxygen atoms in total. The van der Waals surface area contributed by atoms with Crippen molar-refractivity contribution in [3.05, 3.63) is 77.5 Å². The summed E-state index contributed by atoms with van der Waals surface area (Å²) >= 11 is 0.396. The van der Waals surface area contributed by atoms with E-state index in [0.29, 0.717) is 11.8 Å². The van der Waals surface area contributed by atoms with Gasteiger partial charge in [0.2, 0.25) is 5.12 Å². The van der Waals surface area contributed by atoms with E-state index in [0.717, 1.165) is 47.8 Å². The number of ether oxygens (including phenoxy) is 1. The molecule has 308 valence electrons. The van der Waals surface area contributed by atoms with E-state index in [-0.39, 0.29) is 55.4 Å². The summed E-state index contributed by atoms with van der Waals surface area (Å²) in [5.41, 5.74) is -3.57. The van der Waals surface area contributed by atoms with Crippen LogP contribution in [-0.4, -0.2) is 71.4 Å². The van der Waals surface area contributed by atoms with Gasteiger partial charge in [0.1, 0.15) is 18.0 Å². The van der Waals surface area contributed by atoms with Gasteiger partial charge in [-0.1, -0.05) is 45.0 Å². The number of alkyl halides is 3. The SMILES string of the molecule is CCC(=O)O[C@]1(C(=O)SCF)[C@H](C)C[C@H]2C3C[C@H](F)C4=CC(=O)C=C[C@]4(C)[C@@]3(F)[C@@H](O)C[C@@]21C.Cc1nccn1CC1CCc2c(c3ccccc3n2C)C1=O.Cl. The molecule has 3 saturated carbocycles. The largest absolute Gasteiger partial charge is 0.449 e. The maximum atomic E-state index is 17.2. The molecular weight excluding hydrogens is 779 g/mol. The van der Waals surface area contributed by atoms with E-state index >= 15 is 8.78 Å². The monoisotopic (exact) mass is 829 g/mol. The first-order valence-electron chi connectivity index (χ1n) is 19.5. The lowest BCUT2D eigenvalue weighted by Crippen LogP contribution is -2.70. The molecule has 57 heavy (non-hydrogen) atoms. The summed E-state index contributed by atoms with van der Waals surface area (Å²) < 4.78 is 56.1. The molecule has 1 aromatic carbocycles. The van der Waals surface area contributed by atoms with Crippen LogP contribution in [0.25, 0.3) is 10.9 Å². The number of benzene rings is 1. The molecule has 0 radical (unpaired) electrons. The Kier molecular flexibility index (Phi) is 11.7. The number of imidazole rings is 1. The van der Waals surface area contributed by atoms with E-state index < -0.39 is 75.0 Å². The van der Waals surface area contributed by atoms with Crippen LogP contribution in [0.2, 0.25) is 0 Å². The molecule has 8 rings (SSSR count). The third-order valence-electron chi connectivity index (χ3n) is 14.1. The highest BCUT2D eigenvalue weighted by Crippen LogP contribution is 2.72. The number of hydrogen-bond acceptors (Lipinski definition) is 8. The number of nitrogens with zero attached hydrogens (tertiary/aromatic N) is 3. The number of aliphatic hydroxyl groups excluding tert-OH is 1. The number of hydrogen-bond donors (Lipinski definition) is 1. The number of aryl methyl sites for hydroxylation is 2. The second-order valence-electron chi connectivity index (χ2n) is 16.7. The molecule has 2 aromatic heterocycles. The van der Waals surface area contributed by atoms with Gasteiger partial charge in [-0.3, -0.25) is 19.2 Å². The van der Waals surface area contributed by atoms with Crippen LogP contribution in [0.4, 0.5) is 13.2 Å². The first-order valence-corrected chi connectivity index (χ1v) is 20.5. The molecule has 0 spiro atoms. The molecule has 0 bridgehead atoms. The minimum absolute atomic E-state index is 0. The molecule has 0 amide bonds. The summed E-state index contributed by atoms with van der Waals surface area (Å²) in [5.74, 6) is -2.00. The van der Waals surface area contributed by atoms with Gasteiger partial charge in [0.05, 0.1) is 6.10 Å². The van der Waals surface area contributed by atoms with Crippen molar-refractivity contribution in [1.29, 1.82) is 0 Å². The third-order valence-corrected chi connectivity index (χ3v) is 14.8. The van der Waals surface area contributed by atoms with E-state index in [1.165, 1.54) is 24.8 Å². The number of halogens is 4. The summed E-state index contributed by atoms with van der Waals surface area (Å²) in [4.78, 5) is 55.1. The van der Waals surface area contributed by atoms with Crippen molar-refractivity contribution in [2.75, 3.05) is 6.01 Å². The fourth-order valence-electron chi connectivity index (χ4n) is 11.3. The van der Waals surface area contributed by atoms with Crippen molar-refractivity contribution in [3.63, 3.8) is 0 Å². The molecule has 5 aliphatic carbocycles. The fraction of sp³-hybridized carbons (Fsp3) is 0.558. The maximum Gasteiger partial charge on any atom is 0.306 e. The molecule has 0 saturated heterocycles. The van der Waals surface area contributed by atoms with E-state index in [1.807, 2.05) is 25.3 Å². The summed E-state index contributed by atoms with van der Waals surface area (Å²) in [6, 6.07) is 7.19. The van der Waals surface area contributed by atoms with Crippen molar-refractivity contribution < 1.29 is 42.2 Å². The zero-order valence-electron chi connectivity index (χ0n) is 33.1. The average Bonchev–Trinajstić information content (AvgIpc) is 3.78. The smallest absolute Gasteiger partial charge is 0.306 e. The fourth-order valence-corrected chi connectivity index (χ4v) is 12.1. The zero-order chi connectivity index (χ0) is 40.5. The first kappa shape index (κ1) is 42.9. The van der Waals surface area contributed by atoms with Crippen molar-refractivity contribution in [2.24, 2.45) is 41.5 Å². The Bertz CT molecular complexity index is 2170. The van der Waals surface area contributed by atoms with Crippen molar-refractivity contribution in [1.82, 2.24) is 14.1 Å². The van der Waals surface area contributed by atoms with E-state index in [9.17, 15) is 28.7 Å². The Hall–Kier alpha value is -3.68. The van der Waals surface area contributed by atoms with Crippen LogP contribution in [0.15, 0.2) is 60.5 Å². The van der Waals surface area contributed by atoms with Gasteiger partial charge in [-0.2, -0.15) is 0 Å². The standard InChI is InChI=1S/C25H31F3O5S.C18H19N3O.ClH/c1-5-20(31)33-25(21(32)34-12-26)13(2)8-15-16-10-18(27)17-9-14(29)6-7-22(17,3)24(16,28)19(30)11-23(15,25)4;1-12-19-9-10-21(12)11-13-7-8-16-17(18(13)22)14-5-3-4-6-15(14)20(16)2;/h6-7,9,13,15-16,18-19,30H,5,8,10-12H2,1-4H3;3-6,9-10,13H,7-8,11H2,1-2H3;1H/t13-,15+,16?,18+,19+,22+,23+,24+,25+;;/m1../s1. The molecule has 2 heterocycles. The lowest BCUT2D eigenvalue weighted by Gasteiger charge is -2.63. The van der Waals surface area contributed by atoms with Crippen molar-refractivity contribution in [2.45, 2.75) is 103 Å². The normalized spacial score (nSPS) is 35.2.